The van der Waals surface area contributed by atoms with Gasteiger partial charge in [-0.1, -0.05) is 0 Å². The van der Waals surface area contributed by atoms with Crippen molar-refractivity contribution in [1.82, 2.24) is 0 Å². The molecule has 4 aliphatic rings. The van der Waals surface area contributed by atoms with Crippen molar-refractivity contribution in [2.45, 2.75) is 0 Å². The normalized spacial score (nSPS) is 87.7. The number of rotatable bonds is 1. The zero-order valence-corrected chi connectivity index (χ0v) is 3.22. The van der Waals surface area contributed by atoms with E-state index in [-0.39, 0.29) is 0 Å². The molecule has 0 bridgehead atoms. The third kappa shape index (κ3) is 0.0430. The fourth-order valence-electron chi connectivity index (χ4n) is 1.65. The van der Waals surface area contributed by atoms with Crippen molar-refractivity contribution >= 4 is 6.29 Å². The second-order valence-electron chi connectivity index (χ2n) is 2.70. The van der Waals surface area contributed by atoms with Crippen LogP contribution in [0.5, 0.6) is 0 Å². The van der Waals surface area contributed by atoms with Gasteiger partial charge in [-0.05, 0) is 17.8 Å². The highest BCUT2D eigenvalue weighted by Gasteiger charge is 3.09. The van der Waals surface area contributed by atoms with Gasteiger partial charge in [0.25, 0.3) is 0 Å². The van der Waals surface area contributed by atoms with E-state index < -0.39 is 0 Å². The molecule has 4 aliphatic carbocycles. The first kappa shape index (κ1) is 2.10. The van der Waals surface area contributed by atoms with Crippen molar-refractivity contribution in [3.05, 3.63) is 0 Å². The SMILES string of the molecule is O=CC12C3C1C32. The summed E-state index contributed by atoms with van der Waals surface area (Å²) < 4.78 is 0. The zero-order chi connectivity index (χ0) is 3.94. The standard InChI is InChI=1S/C5H4O/c6-1-5-2-3(5)4(2)5/h1-4H. The molecule has 4 fully saturated rings. The summed E-state index contributed by atoms with van der Waals surface area (Å²) in [5.41, 5.74) is 0.361. The minimum absolute atomic E-state index is 0.361. The molecule has 0 N–H and O–H groups in total. The van der Waals surface area contributed by atoms with Crippen LogP contribution in [0.2, 0.25) is 0 Å². The van der Waals surface area contributed by atoms with Gasteiger partial charge in [0, 0.05) is 5.41 Å². The van der Waals surface area contributed by atoms with Crippen molar-refractivity contribution in [3.8, 4) is 0 Å². The second-order valence-corrected chi connectivity index (χ2v) is 2.70. The predicted molar refractivity (Wildman–Crippen MR) is 19.0 cm³/mol. The Labute approximate surface area is 35.3 Å². The van der Waals surface area contributed by atoms with Crippen LogP contribution < -0.4 is 0 Å². The Morgan fingerprint density at radius 3 is 1.83 bits per heavy atom. The zero-order valence-electron chi connectivity index (χ0n) is 3.22. The molecule has 0 aromatic heterocycles. The van der Waals surface area contributed by atoms with E-state index >= 15 is 0 Å². The van der Waals surface area contributed by atoms with E-state index in [9.17, 15) is 4.79 Å². The maximum atomic E-state index is 9.95. The van der Waals surface area contributed by atoms with Gasteiger partial charge in [0.15, 0.2) is 0 Å². The highest BCUT2D eigenvalue weighted by atomic mass is 16.1. The molecule has 4 rings (SSSR count). The largest absolute Gasteiger partial charge is 0.303 e. The van der Waals surface area contributed by atoms with Crippen LogP contribution in [-0.2, 0) is 4.79 Å². The average Bonchev–Trinajstić information content (AvgIpc) is 2.35. The van der Waals surface area contributed by atoms with E-state index in [1.54, 1.807) is 0 Å². The van der Waals surface area contributed by atoms with Gasteiger partial charge < -0.3 is 4.79 Å². The Balaban J connectivity index is 2.28. The van der Waals surface area contributed by atoms with Gasteiger partial charge in [-0.15, -0.1) is 0 Å². The van der Waals surface area contributed by atoms with Crippen molar-refractivity contribution in [2.75, 3.05) is 0 Å². The Morgan fingerprint density at radius 2 is 1.83 bits per heavy atom. The number of carbonyl (C=O) groups excluding carboxylic acids is 1. The van der Waals surface area contributed by atoms with Crippen molar-refractivity contribution in [2.24, 2.45) is 23.2 Å². The average molecular weight is 80.1 g/mol. The van der Waals surface area contributed by atoms with E-state index in [4.69, 9.17) is 0 Å². The van der Waals surface area contributed by atoms with Gasteiger partial charge >= 0.3 is 0 Å². The topological polar surface area (TPSA) is 17.1 Å². The van der Waals surface area contributed by atoms with Crippen LogP contribution in [0.1, 0.15) is 0 Å². The third-order valence-electron chi connectivity index (χ3n) is 2.63. The number of carbonyl (C=O) groups is 1. The van der Waals surface area contributed by atoms with Crippen LogP contribution in [0.4, 0.5) is 0 Å². The van der Waals surface area contributed by atoms with E-state index in [2.05, 4.69) is 0 Å². The van der Waals surface area contributed by atoms with Crippen molar-refractivity contribution in [1.29, 1.82) is 0 Å². The lowest BCUT2D eigenvalue weighted by Gasteiger charge is -1.57. The molecular formula is C5H4O. The lowest BCUT2D eigenvalue weighted by Crippen LogP contribution is -1.71. The summed E-state index contributed by atoms with van der Waals surface area (Å²) >= 11 is 0. The van der Waals surface area contributed by atoms with Crippen LogP contribution in [0, 0.1) is 23.2 Å². The molecule has 0 radical (unpaired) electrons. The number of hydrogen-bond donors (Lipinski definition) is 0. The first-order valence-electron chi connectivity index (χ1n) is 2.39. The van der Waals surface area contributed by atoms with E-state index in [1.165, 1.54) is 0 Å². The van der Waals surface area contributed by atoms with Crippen LogP contribution in [0.15, 0.2) is 0 Å². The van der Waals surface area contributed by atoms with Gasteiger partial charge in [0.05, 0.1) is 0 Å². The number of aldehydes is 1. The molecular weight excluding hydrogens is 76.1 g/mol. The molecule has 0 atom stereocenters. The molecule has 0 aromatic carbocycles. The predicted octanol–water partition coefficient (Wildman–Crippen LogP) is 0.0611. The Morgan fingerprint density at radius 1 is 1.33 bits per heavy atom. The summed E-state index contributed by atoms with van der Waals surface area (Å²) in [4.78, 5) is 9.95. The summed E-state index contributed by atoms with van der Waals surface area (Å²) in [5.74, 6) is 2.78. The van der Waals surface area contributed by atoms with Crippen LogP contribution >= 0.6 is 0 Å². The van der Waals surface area contributed by atoms with Crippen LogP contribution in [-0.4, -0.2) is 6.29 Å². The van der Waals surface area contributed by atoms with Crippen molar-refractivity contribution < 1.29 is 4.79 Å². The molecule has 0 unspecified atom stereocenters. The quantitative estimate of drug-likeness (QED) is 0.407. The lowest BCUT2D eigenvalue weighted by atomic mass is 10.5. The molecule has 1 nitrogen and oxygen atoms in total. The van der Waals surface area contributed by atoms with E-state index in [0.717, 1.165) is 24.0 Å². The fraction of sp³-hybridized carbons (Fsp3) is 0.800. The first-order valence-corrected chi connectivity index (χ1v) is 2.39. The Bertz CT molecular complexity index is 122. The molecule has 4 saturated carbocycles. The van der Waals surface area contributed by atoms with Gasteiger partial charge in [0.2, 0.25) is 0 Å². The van der Waals surface area contributed by atoms with Crippen LogP contribution in [0.25, 0.3) is 0 Å². The van der Waals surface area contributed by atoms with E-state index in [1.807, 2.05) is 0 Å². The van der Waals surface area contributed by atoms with Gasteiger partial charge in [-0.25, -0.2) is 0 Å². The molecule has 6 heavy (non-hydrogen) atoms. The van der Waals surface area contributed by atoms with Gasteiger partial charge in [0.1, 0.15) is 6.29 Å². The first-order chi connectivity index (χ1) is 2.93. The molecule has 30 valence electrons. The van der Waals surface area contributed by atoms with Crippen molar-refractivity contribution in [3.63, 3.8) is 0 Å². The minimum atomic E-state index is 0.361. The molecule has 0 heterocycles. The minimum Gasteiger partial charge on any atom is -0.303 e. The maximum absolute atomic E-state index is 9.95. The van der Waals surface area contributed by atoms with Gasteiger partial charge in [-0.3, -0.25) is 0 Å². The Kier molecular flexibility index (Phi) is 0.0897. The Hall–Kier alpha value is -0.330. The fourth-order valence-corrected chi connectivity index (χ4v) is 1.65. The highest BCUT2D eigenvalue weighted by Crippen LogP contribution is 3.08. The van der Waals surface area contributed by atoms with Crippen LogP contribution in [0.3, 0.4) is 0 Å². The monoisotopic (exact) mass is 80.0 g/mol. The molecule has 1 heteroatoms. The summed E-state index contributed by atoms with van der Waals surface area (Å²) in [6, 6.07) is 0. The highest BCUT2D eigenvalue weighted by molar-refractivity contribution is 5.86. The molecule has 0 saturated heterocycles. The summed E-state index contributed by atoms with van der Waals surface area (Å²) in [5, 5.41) is 0. The molecule has 0 amide bonds. The lowest BCUT2D eigenvalue weighted by molar-refractivity contribution is -0.109. The molecule has 0 aliphatic heterocycles. The molecule has 0 aromatic rings. The summed E-state index contributed by atoms with van der Waals surface area (Å²) in [6.07, 6.45) is 1.16. The third-order valence-corrected chi connectivity index (χ3v) is 2.63. The molecule has 0 spiro atoms. The van der Waals surface area contributed by atoms with Gasteiger partial charge in [-0.2, -0.15) is 0 Å². The summed E-state index contributed by atoms with van der Waals surface area (Å²) in [7, 11) is 0. The number of hydrogen-bond acceptors (Lipinski definition) is 1. The maximum Gasteiger partial charge on any atom is 0.127 e. The van der Waals surface area contributed by atoms with E-state index in [0.29, 0.717) is 5.41 Å². The summed E-state index contributed by atoms with van der Waals surface area (Å²) in [6.45, 7) is 0. The second kappa shape index (κ2) is 0.256. The smallest absolute Gasteiger partial charge is 0.127 e.